The Labute approximate surface area is 140 Å². The lowest BCUT2D eigenvalue weighted by Crippen LogP contribution is -2.27. The maximum atomic E-state index is 12.6. The molecule has 126 valence electrons. The quantitative estimate of drug-likeness (QED) is 0.781. The van der Waals surface area contributed by atoms with Gasteiger partial charge in [-0.2, -0.15) is 10.2 Å². The normalized spacial score (nSPS) is 11.0. The molecule has 3 aromatic heterocycles. The van der Waals surface area contributed by atoms with Gasteiger partial charge in [0.25, 0.3) is 5.91 Å². The van der Waals surface area contributed by atoms with Crippen molar-refractivity contribution in [3.05, 3.63) is 47.1 Å². The number of hydrogen-bond acceptors (Lipinski definition) is 4. The van der Waals surface area contributed by atoms with E-state index in [4.69, 9.17) is 4.42 Å². The van der Waals surface area contributed by atoms with Crippen LogP contribution in [-0.2, 0) is 13.1 Å². The first-order valence-corrected chi connectivity index (χ1v) is 7.89. The van der Waals surface area contributed by atoms with Crippen molar-refractivity contribution in [1.29, 1.82) is 0 Å². The van der Waals surface area contributed by atoms with Gasteiger partial charge in [-0.25, -0.2) is 0 Å². The van der Waals surface area contributed by atoms with Gasteiger partial charge in [0.15, 0.2) is 11.5 Å². The molecule has 0 saturated heterocycles. The number of rotatable bonds is 5. The molecule has 0 aliphatic carbocycles. The lowest BCUT2D eigenvalue weighted by molar-refractivity contribution is 0.0779. The SMILES string of the molecule is CCn1nc(C)c(CN(C)C(=O)c2cc(-c3ccco3)[nH]n2)c1C. The molecule has 0 bridgehead atoms. The number of nitrogens with zero attached hydrogens (tertiary/aromatic N) is 4. The minimum absolute atomic E-state index is 0.146. The fourth-order valence-electron chi connectivity index (χ4n) is 2.76. The molecule has 0 atom stereocenters. The van der Waals surface area contributed by atoms with Crippen molar-refractivity contribution in [2.45, 2.75) is 33.9 Å². The van der Waals surface area contributed by atoms with Crippen molar-refractivity contribution in [3.8, 4) is 11.5 Å². The number of H-pyrrole nitrogens is 1. The summed E-state index contributed by atoms with van der Waals surface area (Å²) in [5.41, 5.74) is 4.17. The fraction of sp³-hybridized carbons (Fsp3) is 0.353. The second kappa shape index (κ2) is 6.35. The molecular weight excluding hydrogens is 306 g/mol. The monoisotopic (exact) mass is 327 g/mol. The van der Waals surface area contributed by atoms with Crippen molar-refractivity contribution in [2.24, 2.45) is 0 Å². The molecule has 1 amide bonds. The zero-order valence-corrected chi connectivity index (χ0v) is 14.3. The number of carbonyl (C=O) groups excluding carboxylic acids is 1. The van der Waals surface area contributed by atoms with E-state index in [1.165, 1.54) is 0 Å². The van der Waals surface area contributed by atoms with Crippen LogP contribution >= 0.6 is 0 Å². The van der Waals surface area contributed by atoms with Crippen LogP contribution in [0.4, 0.5) is 0 Å². The van der Waals surface area contributed by atoms with E-state index in [9.17, 15) is 4.79 Å². The van der Waals surface area contributed by atoms with Gasteiger partial charge in [0.1, 0.15) is 5.69 Å². The molecule has 7 nitrogen and oxygen atoms in total. The van der Waals surface area contributed by atoms with E-state index in [-0.39, 0.29) is 5.91 Å². The molecule has 3 rings (SSSR count). The Morgan fingerprint density at radius 1 is 1.42 bits per heavy atom. The Hall–Kier alpha value is -2.83. The Bertz CT molecular complexity index is 845. The van der Waals surface area contributed by atoms with Crippen LogP contribution in [0.1, 0.15) is 34.4 Å². The van der Waals surface area contributed by atoms with E-state index in [2.05, 4.69) is 22.2 Å². The van der Waals surface area contributed by atoms with Gasteiger partial charge in [0, 0.05) is 37.5 Å². The zero-order valence-electron chi connectivity index (χ0n) is 14.3. The molecule has 0 aliphatic heterocycles. The van der Waals surface area contributed by atoms with Crippen LogP contribution in [0.25, 0.3) is 11.5 Å². The average molecular weight is 327 g/mol. The highest BCUT2D eigenvalue weighted by molar-refractivity contribution is 5.93. The second-order valence-corrected chi connectivity index (χ2v) is 5.77. The van der Waals surface area contributed by atoms with Gasteiger partial charge in [0.05, 0.1) is 12.0 Å². The first-order chi connectivity index (χ1) is 11.5. The molecule has 0 spiro atoms. The molecule has 0 saturated carbocycles. The summed E-state index contributed by atoms with van der Waals surface area (Å²) >= 11 is 0. The third-order valence-corrected chi connectivity index (χ3v) is 4.16. The smallest absolute Gasteiger partial charge is 0.274 e. The molecule has 0 aliphatic rings. The summed E-state index contributed by atoms with van der Waals surface area (Å²) in [5.74, 6) is 0.507. The number of hydrogen-bond donors (Lipinski definition) is 1. The first-order valence-electron chi connectivity index (χ1n) is 7.89. The van der Waals surface area contributed by atoms with Gasteiger partial charge in [0.2, 0.25) is 0 Å². The number of amides is 1. The Morgan fingerprint density at radius 3 is 2.83 bits per heavy atom. The standard InChI is InChI=1S/C17H21N5O2/c1-5-22-12(3)13(11(2)20-22)10-21(4)17(23)15-9-14(18-19-15)16-7-6-8-24-16/h6-9H,5,10H2,1-4H3,(H,18,19). The lowest BCUT2D eigenvalue weighted by atomic mass is 10.2. The molecule has 3 aromatic rings. The molecule has 1 N–H and O–H groups in total. The summed E-state index contributed by atoms with van der Waals surface area (Å²) in [6, 6.07) is 5.31. The van der Waals surface area contributed by atoms with Crippen molar-refractivity contribution >= 4 is 5.91 Å². The van der Waals surface area contributed by atoms with Gasteiger partial charge in [-0.05, 0) is 32.9 Å². The maximum absolute atomic E-state index is 12.6. The van der Waals surface area contributed by atoms with Gasteiger partial charge in [-0.15, -0.1) is 0 Å². The van der Waals surface area contributed by atoms with E-state index < -0.39 is 0 Å². The fourth-order valence-corrected chi connectivity index (χ4v) is 2.76. The van der Waals surface area contributed by atoms with E-state index in [0.717, 1.165) is 23.5 Å². The number of aromatic nitrogens is 4. The summed E-state index contributed by atoms with van der Waals surface area (Å²) in [4.78, 5) is 14.3. The van der Waals surface area contributed by atoms with Gasteiger partial charge in [-0.3, -0.25) is 14.6 Å². The predicted octanol–water partition coefficient (Wildman–Crippen LogP) is 2.78. The van der Waals surface area contributed by atoms with E-state index in [1.54, 1.807) is 30.3 Å². The average Bonchev–Trinajstić information content (AvgIpc) is 3.29. The predicted molar refractivity (Wildman–Crippen MR) is 89.5 cm³/mol. The van der Waals surface area contributed by atoms with E-state index in [1.807, 2.05) is 24.6 Å². The van der Waals surface area contributed by atoms with Crippen molar-refractivity contribution < 1.29 is 9.21 Å². The lowest BCUT2D eigenvalue weighted by Gasteiger charge is -2.16. The third-order valence-electron chi connectivity index (χ3n) is 4.16. The highest BCUT2D eigenvalue weighted by Gasteiger charge is 2.20. The van der Waals surface area contributed by atoms with Crippen LogP contribution in [0.5, 0.6) is 0 Å². The number of aryl methyl sites for hydroxylation is 2. The summed E-state index contributed by atoms with van der Waals surface area (Å²) in [6.45, 7) is 7.37. The number of aromatic amines is 1. The molecule has 24 heavy (non-hydrogen) atoms. The molecule has 0 radical (unpaired) electrons. The minimum Gasteiger partial charge on any atom is -0.463 e. The molecule has 7 heteroatoms. The molecule has 3 heterocycles. The van der Waals surface area contributed by atoms with Crippen LogP contribution in [0.2, 0.25) is 0 Å². The highest BCUT2D eigenvalue weighted by atomic mass is 16.3. The Morgan fingerprint density at radius 2 is 2.21 bits per heavy atom. The van der Waals surface area contributed by atoms with E-state index in [0.29, 0.717) is 23.7 Å². The Kier molecular flexibility index (Phi) is 4.24. The third kappa shape index (κ3) is 2.84. The Balaban J connectivity index is 1.77. The van der Waals surface area contributed by atoms with Gasteiger partial charge in [-0.1, -0.05) is 0 Å². The van der Waals surface area contributed by atoms with Crippen LogP contribution in [0.3, 0.4) is 0 Å². The van der Waals surface area contributed by atoms with Crippen LogP contribution < -0.4 is 0 Å². The van der Waals surface area contributed by atoms with Crippen LogP contribution in [0.15, 0.2) is 28.9 Å². The van der Waals surface area contributed by atoms with Gasteiger partial charge >= 0.3 is 0 Å². The van der Waals surface area contributed by atoms with E-state index >= 15 is 0 Å². The first kappa shape index (κ1) is 16.0. The summed E-state index contributed by atoms with van der Waals surface area (Å²) in [5, 5.41) is 11.4. The summed E-state index contributed by atoms with van der Waals surface area (Å²) in [7, 11) is 1.77. The molecule has 0 fully saturated rings. The molecular formula is C17H21N5O2. The van der Waals surface area contributed by atoms with Crippen LogP contribution in [-0.4, -0.2) is 37.8 Å². The summed E-state index contributed by atoms with van der Waals surface area (Å²) < 4.78 is 7.26. The van der Waals surface area contributed by atoms with Crippen molar-refractivity contribution in [1.82, 2.24) is 24.9 Å². The number of nitrogens with one attached hydrogen (secondary N) is 1. The van der Waals surface area contributed by atoms with Crippen molar-refractivity contribution in [3.63, 3.8) is 0 Å². The molecule has 0 aromatic carbocycles. The number of carbonyl (C=O) groups is 1. The maximum Gasteiger partial charge on any atom is 0.274 e. The topological polar surface area (TPSA) is 80.0 Å². The highest BCUT2D eigenvalue weighted by Crippen LogP contribution is 2.20. The number of furan rings is 1. The minimum atomic E-state index is -0.146. The van der Waals surface area contributed by atoms with Gasteiger partial charge < -0.3 is 9.32 Å². The van der Waals surface area contributed by atoms with Crippen molar-refractivity contribution in [2.75, 3.05) is 7.05 Å². The zero-order chi connectivity index (χ0) is 17.3. The largest absolute Gasteiger partial charge is 0.463 e. The summed E-state index contributed by atoms with van der Waals surface area (Å²) in [6.07, 6.45) is 1.58. The molecule has 0 unspecified atom stereocenters. The van der Waals surface area contributed by atoms with Crippen LogP contribution in [0, 0.1) is 13.8 Å². The second-order valence-electron chi connectivity index (χ2n) is 5.77.